The van der Waals surface area contributed by atoms with Crippen LogP contribution in [0, 0.1) is 5.92 Å². The summed E-state index contributed by atoms with van der Waals surface area (Å²) in [6, 6.07) is 8.22. The Morgan fingerprint density at radius 1 is 1.35 bits per heavy atom. The smallest absolute Gasteiger partial charge is 0.280 e. The average Bonchev–Trinajstić information content (AvgIpc) is 2.73. The summed E-state index contributed by atoms with van der Waals surface area (Å²) in [5.41, 5.74) is 8.32. The van der Waals surface area contributed by atoms with Gasteiger partial charge >= 0.3 is 0 Å². The predicted molar refractivity (Wildman–Crippen MR) is 99.0 cm³/mol. The third-order valence-electron chi connectivity index (χ3n) is 4.51. The molecule has 1 radical (unpaired) electrons. The Kier molecular flexibility index (Phi) is 9.82. The van der Waals surface area contributed by atoms with Gasteiger partial charge in [0.15, 0.2) is 0 Å². The molecule has 0 unspecified atom stereocenters. The van der Waals surface area contributed by atoms with Crippen LogP contribution in [0.2, 0.25) is 0 Å². The summed E-state index contributed by atoms with van der Waals surface area (Å²) in [6.07, 6.45) is 1.55. The van der Waals surface area contributed by atoms with E-state index in [1.807, 2.05) is 37.3 Å². The summed E-state index contributed by atoms with van der Waals surface area (Å²) in [7, 11) is 0. The fourth-order valence-corrected chi connectivity index (χ4v) is 3.60. The van der Waals surface area contributed by atoms with Crippen LogP contribution in [-0.2, 0) is 48.1 Å². The zero-order valence-electron chi connectivity index (χ0n) is 15.1. The molecule has 1 heterocycles. The maximum Gasteiger partial charge on any atom is 0.280 e. The van der Waals surface area contributed by atoms with Gasteiger partial charge in [0.1, 0.15) is 6.04 Å². The molecule has 3 amide bonds. The summed E-state index contributed by atoms with van der Waals surface area (Å²) in [5, 5.41) is 2.56. The van der Waals surface area contributed by atoms with Crippen molar-refractivity contribution in [2.45, 2.75) is 44.5 Å². The van der Waals surface area contributed by atoms with Crippen LogP contribution < -0.4 is 5.32 Å². The monoisotopic (exact) mass is 451 g/mol. The van der Waals surface area contributed by atoms with Crippen molar-refractivity contribution < 1.29 is 47.1 Å². The normalized spacial score (nSPS) is 21.3. The zero-order valence-corrected chi connectivity index (χ0v) is 18.8. The first kappa shape index (κ1) is 23.1. The molecule has 2 N–H and O–H groups in total. The Morgan fingerprint density at radius 2 is 2.00 bits per heavy atom. The molecule has 1 fully saturated rings. The van der Waals surface area contributed by atoms with Gasteiger partial charge in [-0.25, -0.2) is 0 Å². The number of hydrogen-bond donors (Lipinski definition) is 1. The molecule has 0 aromatic heterocycles. The maximum atomic E-state index is 12.8. The van der Waals surface area contributed by atoms with Gasteiger partial charge in [-0.05, 0) is 31.2 Å². The first-order valence-electron chi connectivity index (χ1n) is 8.43. The van der Waals surface area contributed by atoms with Gasteiger partial charge in [0.25, 0.3) is 5.24 Å². The van der Waals surface area contributed by atoms with Gasteiger partial charge in [0.05, 0.1) is 11.9 Å². The number of benzene rings is 1. The zero-order chi connectivity index (χ0) is 18.4. The van der Waals surface area contributed by atoms with Gasteiger partial charge in [-0.1, -0.05) is 49.0 Å². The largest absolute Gasteiger partial charge is 0.666 e. The van der Waals surface area contributed by atoms with E-state index in [9.17, 15) is 14.4 Å². The van der Waals surface area contributed by atoms with Crippen LogP contribution in [0.5, 0.6) is 0 Å². The summed E-state index contributed by atoms with van der Waals surface area (Å²) < 4.78 is 0. The number of carbonyl (C=O) groups is 3. The predicted octanol–water partition coefficient (Wildman–Crippen LogP) is 3.22. The third-order valence-corrected chi connectivity index (χ3v) is 5.37. The standard InChI is InChI=1S/C18H25N3O3S.Y/c1-12-7-6-10-21(13(2)16(19)22)17(23)15(12)20-18(24)25-11-14-8-4-3-5-9-14;/h3-5,8-9,12-13,15H,6-7,10-11H2,1-2H3,(H3,19,20,22,24);/p-1/t12-,13+,15+;/m1./s1. The second kappa shape index (κ2) is 11.0. The molecule has 1 aromatic rings. The number of nitrogens with one attached hydrogen (secondary N) is 2. The van der Waals surface area contributed by atoms with Crippen LogP contribution in [0.25, 0.3) is 5.73 Å². The number of thioether (sulfide) groups is 1. The molecule has 2 rings (SSSR count). The Morgan fingerprint density at radius 3 is 2.62 bits per heavy atom. The molecule has 1 aliphatic rings. The molecule has 26 heavy (non-hydrogen) atoms. The Hall–Kier alpha value is -0.916. The Labute approximate surface area is 183 Å². The van der Waals surface area contributed by atoms with Crippen LogP contribution in [0.3, 0.4) is 0 Å². The number of nitrogens with zero attached hydrogens (tertiary/aromatic N) is 1. The number of amides is 3. The number of hydrogen-bond acceptors (Lipinski definition) is 4. The quantitative estimate of drug-likeness (QED) is 0.745. The van der Waals surface area contributed by atoms with Gasteiger partial charge < -0.3 is 20.7 Å². The van der Waals surface area contributed by atoms with E-state index < -0.39 is 18.0 Å². The number of carbonyl (C=O) groups excluding carboxylic acids is 3. The molecular formula is C18H24N3O3SY-. The number of likely N-dealkylation sites (tertiary alicyclic amines) is 1. The topological polar surface area (TPSA) is 90.3 Å². The summed E-state index contributed by atoms with van der Waals surface area (Å²) in [4.78, 5) is 37.8. The molecule has 0 bridgehead atoms. The molecule has 1 aliphatic heterocycles. The molecule has 8 heteroatoms. The molecule has 1 aromatic carbocycles. The molecule has 0 saturated carbocycles. The van der Waals surface area contributed by atoms with E-state index in [2.05, 4.69) is 5.32 Å². The summed E-state index contributed by atoms with van der Waals surface area (Å²) in [6.45, 7) is 3.94. The van der Waals surface area contributed by atoms with Gasteiger partial charge in [-0.2, -0.15) is 0 Å². The van der Waals surface area contributed by atoms with E-state index in [-0.39, 0.29) is 49.8 Å². The van der Waals surface area contributed by atoms with Crippen LogP contribution in [0.15, 0.2) is 30.3 Å². The van der Waals surface area contributed by atoms with Crippen LogP contribution in [-0.4, -0.2) is 40.6 Å². The fraction of sp³-hybridized carbons (Fsp3) is 0.500. The number of rotatable bonds is 5. The molecule has 0 spiro atoms. The van der Waals surface area contributed by atoms with Crippen molar-refractivity contribution in [2.75, 3.05) is 6.54 Å². The molecular weight excluding hydrogens is 427 g/mol. The minimum atomic E-state index is -0.786. The third kappa shape index (κ3) is 6.36. The van der Waals surface area contributed by atoms with Crippen molar-refractivity contribution in [1.82, 2.24) is 10.2 Å². The van der Waals surface area contributed by atoms with Crippen molar-refractivity contribution in [3.8, 4) is 0 Å². The molecule has 0 aliphatic carbocycles. The van der Waals surface area contributed by atoms with Gasteiger partial charge in [-0.3, -0.25) is 9.59 Å². The fourth-order valence-electron chi connectivity index (χ4n) is 2.90. The van der Waals surface area contributed by atoms with Crippen molar-refractivity contribution in [3.05, 3.63) is 41.6 Å². The van der Waals surface area contributed by atoms with E-state index in [0.29, 0.717) is 12.3 Å². The minimum absolute atomic E-state index is 0. The van der Waals surface area contributed by atoms with E-state index in [0.717, 1.165) is 30.2 Å². The van der Waals surface area contributed by atoms with Crippen molar-refractivity contribution in [2.24, 2.45) is 5.92 Å². The first-order chi connectivity index (χ1) is 11.9. The molecule has 6 nitrogen and oxygen atoms in total. The Balaban J connectivity index is 0.00000338. The average molecular weight is 451 g/mol. The van der Waals surface area contributed by atoms with E-state index in [4.69, 9.17) is 5.73 Å². The Bertz CT molecular complexity index is 629. The SMILES string of the molecule is C[C@@H]1CCCN([C@@H](C)C([NH-])=O)C(=O)[C@H]1NC(=O)SCc1ccccc1.[Y]. The molecule has 139 valence electrons. The summed E-state index contributed by atoms with van der Waals surface area (Å²) in [5.74, 6) is -0.530. The van der Waals surface area contributed by atoms with E-state index >= 15 is 0 Å². The molecule has 3 atom stereocenters. The van der Waals surface area contributed by atoms with Crippen molar-refractivity contribution in [1.29, 1.82) is 0 Å². The maximum absolute atomic E-state index is 12.8. The van der Waals surface area contributed by atoms with Crippen LogP contribution in [0.1, 0.15) is 32.3 Å². The van der Waals surface area contributed by atoms with Crippen LogP contribution in [0.4, 0.5) is 4.79 Å². The van der Waals surface area contributed by atoms with Gasteiger partial charge in [0.2, 0.25) is 5.91 Å². The van der Waals surface area contributed by atoms with E-state index in [1.54, 1.807) is 6.92 Å². The van der Waals surface area contributed by atoms with E-state index in [1.165, 1.54) is 4.90 Å². The molecule has 1 saturated heterocycles. The summed E-state index contributed by atoms with van der Waals surface area (Å²) >= 11 is 1.13. The van der Waals surface area contributed by atoms with Gasteiger partial charge in [-0.15, -0.1) is 0 Å². The van der Waals surface area contributed by atoms with Crippen molar-refractivity contribution in [3.63, 3.8) is 0 Å². The second-order valence-electron chi connectivity index (χ2n) is 6.38. The van der Waals surface area contributed by atoms with Gasteiger partial charge in [0, 0.05) is 45.0 Å². The van der Waals surface area contributed by atoms with Crippen LogP contribution >= 0.6 is 11.8 Å². The second-order valence-corrected chi connectivity index (χ2v) is 7.32. The first-order valence-corrected chi connectivity index (χ1v) is 9.42. The minimum Gasteiger partial charge on any atom is -0.666 e. The van der Waals surface area contributed by atoms with Crippen molar-refractivity contribution >= 4 is 28.8 Å².